The number of thioether (sulfide) groups is 1. The van der Waals surface area contributed by atoms with Gasteiger partial charge in [0.15, 0.2) is 0 Å². The maximum atomic E-state index is 4.34. The summed E-state index contributed by atoms with van der Waals surface area (Å²) in [5.41, 5.74) is 0. The number of nitrogens with one attached hydrogen (secondary N) is 1. The molecule has 0 unspecified atom stereocenters. The quantitative estimate of drug-likeness (QED) is 0.391. The van der Waals surface area contributed by atoms with Crippen molar-refractivity contribution in [3.05, 3.63) is 23.3 Å². The zero-order chi connectivity index (χ0) is 9.23. The zero-order valence-electron chi connectivity index (χ0n) is 7.71. The number of allylic oxidation sites excluding steroid dienone is 3. The van der Waals surface area contributed by atoms with E-state index in [1.54, 1.807) is 0 Å². The Morgan fingerprint density at radius 1 is 1.58 bits per heavy atom. The molecule has 0 heterocycles. The van der Waals surface area contributed by atoms with Crippen LogP contribution in [0.2, 0.25) is 0 Å². The van der Waals surface area contributed by atoms with Gasteiger partial charge >= 0.3 is 0 Å². The van der Waals surface area contributed by atoms with Crippen molar-refractivity contribution in [2.45, 2.75) is 13.3 Å². The average Bonchev–Trinajstić information content (AvgIpc) is 2.06. The second-order valence-corrected chi connectivity index (χ2v) is 4.22. The fraction of sp³-hybridized carbons (Fsp3) is 0.556. The first-order chi connectivity index (χ1) is 5.81. The van der Waals surface area contributed by atoms with Crippen LogP contribution >= 0.6 is 24.4 Å². The average molecular weight is 203 g/mol. The van der Waals surface area contributed by atoms with Gasteiger partial charge in [-0.3, -0.25) is 0 Å². The van der Waals surface area contributed by atoms with E-state index < -0.39 is 0 Å². The topological polar surface area (TPSA) is 12.0 Å². The van der Waals surface area contributed by atoms with Crippen LogP contribution in [0.5, 0.6) is 0 Å². The van der Waals surface area contributed by atoms with Gasteiger partial charge in [-0.15, -0.1) is 12.6 Å². The smallest absolute Gasteiger partial charge is 0.00277 e. The number of rotatable bonds is 6. The fourth-order valence-electron chi connectivity index (χ4n) is 0.660. The van der Waals surface area contributed by atoms with E-state index in [9.17, 15) is 0 Å². The van der Waals surface area contributed by atoms with Crippen molar-refractivity contribution in [1.82, 2.24) is 5.32 Å². The molecular weight excluding hydrogens is 186 g/mol. The minimum Gasteiger partial charge on any atom is -0.394 e. The van der Waals surface area contributed by atoms with E-state index in [1.807, 2.05) is 37.2 Å². The Labute approximate surface area is 85.1 Å². The molecule has 0 spiro atoms. The lowest BCUT2D eigenvalue weighted by atomic mass is 10.4. The van der Waals surface area contributed by atoms with Crippen LogP contribution in [0.25, 0.3) is 0 Å². The fourth-order valence-corrected chi connectivity index (χ4v) is 1.66. The van der Waals surface area contributed by atoms with Gasteiger partial charge in [0.05, 0.1) is 0 Å². The van der Waals surface area contributed by atoms with Crippen LogP contribution in [0.1, 0.15) is 13.3 Å². The molecule has 0 aliphatic heterocycles. The van der Waals surface area contributed by atoms with Crippen molar-refractivity contribution in [3.63, 3.8) is 0 Å². The van der Waals surface area contributed by atoms with Crippen molar-refractivity contribution >= 4 is 24.4 Å². The largest absolute Gasteiger partial charge is 0.394 e. The Morgan fingerprint density at radius 3 is 2.92 bits per heavy atom. The predicted octanol–water partition coefficient (Wildman–Crippen LogP) is 2.68. The summed E-state index contributed by atoms with van der Waals surface area (Å²) in [6, 6.07) is 0. The Balaban J connectivity index is 3.48. The van der Waals surface area contributed by atoms with Gasteiger partial charge in [-0.05, 0) is 35.1 Å². The summed E-state index contributed by atoms with van der Waals surface area (Å²) >= 11 is 6.29. The van der Waals surface area contributed by atoms with Crippen LogP contribution in [0.15, 0.2) is 23.3 Å². The van der Waals surface area contributed by atoms with Gasteiger partial charge in [-0.2, -0.15) is 11.8 Å². The van der Waals surface area contributed by atoms with E-state index in [2.05, 4.69) is 24.9 Å². The molecule has 0 saturated carbocycles. The molecule has 0 aromatic heterocycles. The lowest BCUT2D eigenvalue weighted by Crippen LogP contribution is -1.90. The summed E-state index contributed by atoms with van der Waals surface area (Å²) in [5.74, 6) is 2.35. The van der Waals surface area contributed by atoms with Gasteiger partial charge in [0.2, 0.25) is 0 Å². The van der Waals surface area contributed by atoms with Crippen LogP contribution in [0.3, 0.4) is 0 Å². The first-order valence-corrected chi connectivity index (χ1v) is 5.71. The van der Waals surface area contributed by atoms with E-state index >= 15 is 0 Å². The maximum Gasteiger partial charge on any atom is 0.00277 e. The summed E-state index contributed by atoms with van der Waals surface area (Å²) in [6.07, 6.45) is 6.95. The standard InChI is InChI=1S/C9H17NS2/c1-3-12-8-6-9(11)5-4-7-10-2/h4-5,7,10-11H,3,6,8H2,1-2H3/b7-4-,9-5+. The Morgan fingerprint density at radius 2 is 2.33 bits per heavy atom. The van der Waals surface area contributed by atoms with E-state index in [-0.39, 0.29) is 0 Å². The first-order valence-electron chi connectivity index (χ1n) is 4.11. The molecule has 0 atom stereocenters. The summed E-state index contributed by atoms with van der Waals surface area (Å²) in [6.45, 7) is 2.17. The molecule has 1 nitrogen and oxygen atoms in total. The van der Waals surface area contributed by atoms with Crippen molar-refractivity contribution < 1.29 is 0 Å². The van der Waals surface area contributed by atoms with E-state index in [1.165, 1.54) is 11.5 Å². The molecule has 0 aromatic carbocycles. The van der Waals surface area contributed by atoms with Crippen molar-refractivity contribution in [1.29, 1.82) is 0 Å². The van der Waals surface area contributed by atoms with E-state index in [0.29, 0.717) is 0 Å². The Bertz CT molecular complexity index is 153. The van der Waals surface area contributed by atoms with Gasteiger partial charge in [-0.1, -0.05) is 13.0 Å². The minimum atomic E-state index is 1.07. The van der Waals surface area contributed by atoms with Crippen molar-refractivity contribution in [3.8, 4) is 0 Å². The summed E-state index contributed by atoms with van der Waals surface area (Å²) < 4.78 is 0. The molecule has 0 aliphatic rings. The van der Waals surface area contributed by atoms with Crippen LogP contribution in [-0.2, 0) is 0 Å². The molecule has 0 radical (unpaired) electrons. The molecule has 0 saturated heterocycles. The molecule has 0 bridgehead atoms. The summed E-state index contributed by atoms with van der Waals surface area (Å²) in [4.78, 5) is 1.14. The van der Waals surface area contributed by atoms with E-state index in [4.69, 9.17) is 0 Å². The number of hydrogen-bond donors (Lipinski definition) is 2. The van der Waals surface area contributed by atoms with Gasteiger partial charge in [0, 0.05) is 7.05 Å². The second kappa shape index (κ2) is 9.07. The predicted molar refractivity (Wildman–Crippen MR) is 62.9 cm³/mol. The van der Waals surface area contributed by atoms with Crippen LogP contribution < -0.4 is 5.32 Å². The highest BCUT2D eigenvalue weighted by Crippen LogP contribution is 2.11. The van der Waals surface area contributed by atoms with Gasteiger partial charge < -0.3 is 5.32 Å². The van der Waals surface area contributed by atoms with E-state index in [0.717, 1.165) is 11.3 Å². The molecule has 0 aliphatic carbocycles. The maximum absolute atomic E-state index is 4.34. The molecular formula is C9H17NS2. The second-order valence-electron chi connectivity index (χ2n) is 2.25. The Kier molecular flexibility index (Phi) is 9.06. The molecule has 1 N–H and O–H groups in total. The highest BCUT2D eigenvalue weighted by molar-refractivity contribution is 7.99. The van der Waals surface area contributed by atoms with Crippen molar-refractivity contribution in [2.24, 2.45) is 0 Å². The summed E-state index contributed by atoms with van der Waals surface area (Å²) in [7, 11) is 1.88. The third-order valence-electron chi connectivity index (χ3n) is 1.26. The Hall–Kier alpha value is -0.0200. The number of hydrogen-bond acceptors (Lipinski definition) is 3. The van der Waals surface area contributed by atoms with Gasteiger partial charge in [0.25, 0.3) is 0 Å². The third-order valence-corrected chi connectivity index (χ3v) is 2.53. The minimum absolute atomic E-state index is 1.07. The highest BCUT2D eigenvalue weighted by Gasteiger charge is 1.88. The lowest BCUT2D eigenvalue weighted by molar-refractivity contribution is 1.10. The third kappa shape index (κ3) is 8.08. The molecule has 70 valence electrons. The molecule has 0 fully saturated rings. The molecule has 3 heteroatoms. The van der Waals surface area contributed by atoms with Crippen molar-refractivity contribution in [2.75, 3.05) is 18.6 Å². The molecule has 12 heavy (non-hydrogen) atoms. The molecule has 0 rings (SSSR count). The monoisotopic (exact) mass is 203 g/mol. The van der Waals surface area contributed by atoms with Crippen LogP contribution in [-0.4, -0.2) is 18.6 Å². The van der Waals surface area contributed by atoms with Crippen LogP contribution in [0.4, 0.5) is 0 Å². The molecule has 0 aromatic rings. The zero-order valence-corrected chi connectivity index (χ0v) is 9.42. The normalized spacial score (nSPS) is 12.4. The molecule has 0 amide bonds. The lowest BCUT2D eigenvalue weighted by Gasteiger charge is -1.97. The SMILES string of the molecule is CCSCC/C(S)=C\C=C/NC. The van der Waals surface area contributed by atoms with Gasteiger partial charge in [-0.25, -0.2) is 0 Å². The number of thiol groups is 1. The highest BCUT2D eigenvalue weighted by atomic mass is 32.2. The first kappa shape index (κ1) is 12.0. The summed E-state index contributed by atoms with van der Waals surface area (Å²) in [5, 5.41) is 2.93. The van der Waals surface area contributed by atoms with Crippen LogP contribution in [0, 0.1) is 0 Å². The van der Waals surface area contributed by atoms with Gasteiger partial charge in [0.1, 0.15) is 0 Å².